The Kier molecular flexibility index (Phi) is 4.07. The average Bonchev–Trinajstić information content (AvgIpc) is 2.21. The van der Waals surface area contributed by atoms with Gasteiger partial charge in [-0.15, -0.1) is 0 Å². The number of anilines is 1. The molecule has 0 aliphatic rings. The quantitative estimate of drug-likeness (QED) is 0.819. The molecule has 1 amide bonds. The highest BCUT2D eigenvalue weighted by atomic mass is 16.2. The van der Waals surface area contributed by atoms with E-state index in [0.717, 1.165) is 16.8 Å². The van der Waals surface area contributed by atoms with Gasteiger partial charge in [0, 0.05) is 5.69 Å². The fraction of sp³-hybridized carbons (Fsp3) is 0.462. The molecule has 0 aliphatic carbocycles. The van der Waals surface area contributed by atoms with Gasteiger partial charge in [0.1, 0.15) is 0 Å². The second kappa shape index (κ2) is 5.12. The van der Waals surface area contributed by atoms with Gasteiger partial charge >= 0.3 is 0 Å². The zero-order chi connectivity index (χ0) is 12.3. The molecule has 3 heteroatoms. The smallest absolute Gasteiger partial charge is 0.241 e. The third-order valence-corrected chi connectivity index (χ3v) is 2.75. The first-order valence-corrected chi connectivity index (χ1v) is 5.51. The van der Waals surface area contributed by atoms with Gasteiger partial charge in [0.2, 0.25) is 5.91 Å². The average molecular weight is 220 g/mol. The van der Waals surface area contributed by atoms with E-state index in [1.54, 1.807) is 7.05 Å². The Balaban J connectivity index is 2.93. The normalized spacial score (nSPS) is 12.3. The standard InChI is InChI=1S/C13H20N2O/c1-8-6-9(2)12(10(3)7-8)15-13(16)11(4)14-5/h6-7,11,14H,1-5H3,(H,15,16). The summed E-state index contributed by atoms with van der Waals surface area (Å²) in [7, 11) is 1.78. The fourth-order valence-electron chi connectivity index (χ4n) is 1.74. The number of amides is 1. The molecule has 0 fully saturated rings. The van der Waals surface area contributed by atoms with E-state index in [2.05, 4.69) is 29.7 Å². The van der Waals surface area contributed by atoms with Crippen molar-refractivity contribution in [3.63, 3.8) is 0 Å². The Hall–Kier alpha value is -1.35. The zero-order valence-corrected chi connectivity index (χ0v) is 10.6. The highest BCUT2D eigenvalue weighted by Crippen LogP contribution is 2.21. The summed E-state index contributed by atoms with van der Waals surface area (Å²) in [5.74, 6) is -0.00227. The van der Waals surface area contributed by atoms with Gasteiger partial charge in [0.25, 0.3) is 0 Å². The summed E-state index contributed by atoms with van der Waals surface area (Å²) in [6.07, 6.45) is 0. The summed E-state index contributed by atoms with van der Waals surface area (Å²) >= 11 is 0. The second-order valence-electron chi connectivity index (χ2n) is 4.27. The van der Waals surface area contributed by atoms with Gasteiger partial charge < -0.3 is 10.6 Å². The maximum absolute atomic E-state index is 11.8. The summed E-state index contributed by atoms with van der Waals surface area (Å²) in [6.45, 7) is 7.93. The van der Waals surface area contributed by atoms with Crippen LogP contribution in [0.5, 0.6) is 0 Å². The van der Waals surface area contributed by atoms with Crippen molar-refractivity contribution in [1.82, 2.24) is 5.32 Å². The maximum atomic E-state index is 11.8. The third-order valence-electron chi connectivity index (χ3n) is 2.75. The Morgan fingerprint density at radius 3 is 2.12 bits per heavy atom. The lowest BCUT2D eigenvalue weighted by Crippen LogP contribution is -2.35. The van der Waals surface area contributed by atoms with E-state index < -0.39 is 0 Å². The number of benzene rings is 1. The topological polar surface area (TPSA) is 41.1 Å². The van der Waals surface area contributed by atoms with Crippen molar-refractivity contribution in [2.24, 2.45) is 0 Å². The molecule has 1 aromatic carbocycles. The van der Waals surface area contributed by atoms with Crippen LogP contribution in [0.1, 0.15) is 23.6 Å². The molecule has 1 aromatic rings. The van der Waals surface area contributed by atoms with Crippen LogP contribution in [0.3, 0.4) is 0 Å². The highest BCUT2D eigenvalue weighted by molar-refractivity contribution is 5.95. The first-order chi connectivity index (χ1) is 7.45. The third kappa shape index (κ3) is 2.83. The van der Waals surface area contributed by atoms with Crippen LogP contribution in [0.25, 0.3) is 0 Å². The minimum atomic E-state index is -0.180. The summed E-state index contributed by atoms with van der Waals surface area (Å²) in [4.78, 5) is 11.8. The molecular formula is C13H20N2O. The van der Waals surface area contributed by atoms with Crippen molar-refractivity contribution in [3.8, 4) is 0 Å². The van der Waals surface area contributed by atoms with Gasteiger partial charge in [-0.05, 0) is 45.9 Å². The molecule has 0 saturated heterocycles. The largest absolute Gasteiger partial charge is 0.324 e. The lowest BCUT2D eigenvalue weighted by Gasteiger charge is -2.15. The molecule has 3 nitrogen and oxygen atoms in total. The molecule has 1 rings (SSSR count). The van der Waals surface area contributed by atoms with E-state index in [9.17, 15) is 4.79 Å². The van der Waals surface area contributed by atoms with E-state index in [4.69, 9.17) is 0 Å². The van der Waals surface area contributed by atoms with Crippen LogP contribution in [0, 0.1) is 20.8 Å². The molecule has 0 radical (unpaired) electrons. The van der Waals surface area contributed by atoms with Gasteiger partial charge in [0.15, 0.2) is 0 Å². The molecule has 0 saturated carbocycles. The molecule has 0 heterocycles. The Morgan fingerprint density at radius 2 is 1.69 bits per heavy atom. The van der Waals surface area contributed by atoms with Gasteiger partial charge in [-0.1, -0.05) is 17.7 Å². The van der Waals surface area contributed by atoms with Gasteiger partial charge in [-0.2, -0.15) is 0 Å². The van der Waals surface area contributed by atoms with E-state index in [1.165, 1.54) is 5.56 Å². The van der Waals surface area contributed by atoms with Crippen LogP contribution in [-0.4, -0.2) is 19.0 Å². The predicted octanol–water partition coefficient (Wildman–Crippen LogP) is 2.16. The van der Waals surface area contributed by atoms with Crippen LogP contribution < -0.4 is 10.6 Å². The molecule has 88 valence electrons. The minimum absolute atomic E-state index is 0.00227. The van der Waals surface area contributed by atoms with Crippen LogP contribution in [0.2, 0.25) is 0 Å². The van der Waals surface area contributed by atoms with Crippen LogP contribution in [0.15, 0.2) is 12.1 Å². The molecule has 0 spiro atoms. The van der Waals surface area contributed by atoms with Crippen LogP contribution in [-0.2, 0) is 4.79 Å². The summed E-state index contributed by atoms with van der Waals surface area (Å²) in [6, 6.07) is 3.97. The van der Waals surface area contributed by atoms with Gasteiger partial charge in [-0.3, -0.25) is 4.79 Å². The van der Waals surface area contributed by atoms with Gasteiger partial charge in [0.05, 0.1) is 6.04 Å². The number of carbonyl (C=O) groups excluding carboxylic acids is 1. The van der Waals surface area contributed by atoms with Crippen molar-refractivity contribution in [3.05, 3.63) is 28.8 Å². The van der Waals surface area contributed by atoms with Gasteiger partial charge in [-0.25, -0.2) is 0 Å². The van der Waals surface area contributed by atoms with E-state index in [-0.39, 0.29) is 11.9 Å². The van der Waals surface area contributed by atoms with Crippen molar-refractivity contribution < 1.29 is 4.79 Å². The van der Waals surface area contributed by atoms with Crippen LogP contribution >= 0.6 is 0 Å². The number of likely N-dealkylation sites (N-methyl/N-ethyl adjacent to an activating group) is 1. The maximum Gasteiger partial charge on any atom is 0.241 e. The fourth-order valence-corrected chi connectivity index (χ4v) is 1.74. The number of aryl methyl sites for hydroxylation is 3. The molecule has 2 N–H and O–H groups in total. The Morgan fingerprint density at radius 1 is 1.19 bits per heavy atom. The summed E-state index contributed by atoms with van der Waals surface area (Å²) in [5.41, 5.74) is 4.36. The number of hydrogen-bond donors (Lipinski definition) is 2. The molecule has 1 atom stereocenters. The number of nitrogens with one attached hydrogen (secondary N) is 2. The number of carbonyl (C=O) groups is 1. The lowest BCUT2D eigenvalue weighted by molar-refractivity contribution is -0.117. The predicted molar refractivity (Wildman–Crippen MR) is 67.8 cm³/mol. The molecule has 0 aromatic heterocycles. The summed E-state index contributed by atoms with van der Waals surface area (Å²) in [5, 5.41) is 5.88. The SMILES string of the molecule is CNC(C)C(=O)Nc1c(C)cc(C)cc1C. The number of rotatable bonds is 3. The minimum Gasteiger partial charge on any atom is -0.324 e. The molecular weight excluding hydrogens is 200 g/mol. The van der Waals surface area contributed by atoms with E-state index >= 15 is 0 Å². The Bertz CT molecular complexity index is 376. The van der Waals surface area contributed by atoms with Crippen LogP contribution in [0.4, 0.5) is 5.69 Å². The first kappa shape index (κ1) is 12.7. The van der Waals surface area contributed by atoms with E-state index in [0.29, 0.717) is 0 Å². The van der Waals surface area contributed by atoms with Crippen molar-refractivity contribution in [2.45, 2.75) is 33.7 Å². The van der Waals surface area contributed by atoms with E-state index in [1.807, 2.05) is 20.8 Å². The number of hydrogen-bond acceptors (Lipinski definition) is 2. The Labute approximate surface area is 97.2 Å². The lowest BCUT2D eigenvalue weighted by atomic mass is 10.0. The monoisotopic (exact) mass is 220 g/mol. The van der Waals surface area contributed by atoms with Crippen molar-refractivity contribution in [1.29, 1.82) is 0 Å². The first-order valence-electron chi connectivity index (χ1n) is 5.51. The van der Waals surface area contributed by atoms with Crippen molar-refractivity contribution >= 4 is 11.6 Å². The molecule has 16 heavy (non-hydrogen) atoms. The second-order valence-corrected chi connectivity index (χ2v) is 4.27. The molecule has 0 aliphatic heterocycles. The van der Waals surface area contributed by atoms with Crippen molar-refractivity contribution in [2.75, 3.05) is 12.4 Å². The highest BCUT2D eigenvalue weighted by Gasteiger charge is 2.12. The molecule has 1 unspecified atom stereocenters. The molecule has 0 bridgehead atoms. The summed E-state index contributed by atoms with van der Waals surface area (Å²) < 4.78 is 0. The zero-order valence-electron chi connectivity index (χ0n) is 10.6.